The van der Waals surface area contributed by atoms with Crippen LogP contribution in [0.4, 0.5) is 0 Å². The summed E-state index contributed by atoms with van der Waals surface area (Å²) in [6, 6.07) is -0.633. The van der Waals surface area contributed by atoms with Crippen molar-refractivity contribution in [3.63, 3.8) is 0 Å². The molecule has 2 atom stereocenters. The van der Waals surface area contributed by atoms with Gasteiger partial charge in [-0.2, -0.15) is 0 Å². The molecule has 0 heterocycles. The Balaban J connectivity index is 3.41. The van der Waals surface area contributed by atoms with E-state index in [0.717, 1.165) is 38.5 Å². The maximum absolute atomic E-state index is 12.5. The van der Waals surface area contributed by atoms with Gasteiger partial charge in [0, 0.05) is 12.8 Å². The van der Waals surface area contributed by atoms with E-state index in [0.29, 0.717) is 19.4 Å². The Morgan fingerprint density at radius 1 is 0.346 bits per heavy atom. The van der Waals surface area contributed by atoms with E-state index in [1.54, 1.807) is 6.08 Å². The molecule has 0 bridgehead atoms. The third kappa shape index (κ3) is 63.8. The second-order valence-corrected chi connectivity index (χ2v) is 24.9. The number of hydrogen-bond acceptors (Lipinski definition) is 5. The molecule has 6 heteroatoms. The number of amides is 1. The highest BCUT2D eigenvalue weighted by Crippen LogP contribution is 2.19. The molecule has 0 radical (unpaired) electrons. The highest BCUT2D eigenvalue weighted by atomic mass is 16.5. The number of carbonyl (C=O) groups excluding carboxylic acids is 2. The van der Waals surface area contributed by atoms with Gasteiger partial charge < -0.3 is 20.3 Å². The number of nitrogens with one attached hydrogen (secondary N) is 1. The van der Waals surface area contributed by atoms with Crippen molar-refractivity contribution in [3.8, 4) is 0 Å². The second-order valence-electron chi connectivity index (χ2n) is 24.9. The summed E-state index contributed by atoms with van der Waals surface area (Å²) in [5.41, 5.74) is 0. The SMILES string of the molecule is CCCCCCCCCCCCCCCCCCCCCCCCC/C=C/C(O)C(CO)NC(=O)CCCCCCCCCCCCCCCCCCCOC(=O)CCCCCCCCCCCCCCCCCCCCC. The summed E-state index contributed by atoms with van der Waals surface area (Å²) in [6.45, 7) is 4.95. The molecule has 0 aromatic heterocycles. The molecule has 0 rings (SSSR count). The van der Waals surface area contributed by atoms with E-state index in [1.807, 2.05) is 6.08 Å². The monoisotopic (exact) mass is 1100 g/mol. The molecule has 3 N–H and O–H groups in total. The predicted molar refractivity (Wildman–Crippen MR) is 343 cm³/mol. The molecular formula is C72H141NO5. The average Bonchev–Trinajstić information content (AvgIpc) is 3.44. The lowest BCUT2D eigenvalue weighted by atomic mass is 10.0. The zero-order valence-electron chi connectivity index (χ0n) is 53.2. The first kappa shape index (κ1) is 76.6. The smallest absolute Gasteiger partial charge is 0.305 e. The number of aliphatic hydroxyl groups excluding tert-OH is 2. The van der Waals surface area contributed by atoms with Crippen molar-refractivity contribution in [2.45, 2.75) is 424 Å². The van der Waals surface area contributed by atoms with E-state index in [-0.39, 0.29) is 18.5 Å². The van der Waals surface area contributed by atoms with Crippen molar-refractivity contribution >= 4 is 11.9 Å². The van der Waals surface area contributed by atoms with Gasteiger partial charge in [0.05, 0.1) is 25.4 Å². The van der Waals surface area contributed by atoms with Crippen molar-refractivity contribution in [2.24, 2.45) is 0 Å². The average molecular weight is 1100 g/mol. The first-order valence-electron chi connectivity index (χ1n) is 36.0. The summed E-state index contributed by atoms with van der Waals surface area (Å²) in [5, 5.41) is 23.3. The number of carbonyl (C=O) groups is 2. The summed E-state index contributed by atoms with van der Waals surface area (Å²) >= 11 is 0. The molecule has 0 aliphatic carbocycles. The minimum atomic E-state index is -0.849. The topological polar surface area (TPSA) is 95.9 Å². The molecule has 0 aliphatic rings. The van der Waals surface area contributed by atoms with Gasteiger partial charge in [0.2, 0.25) is 5.91 Å². The van der Waals surface area contributed by atoms with E-state index in [1.165, 1.54) is 347 Å². The molecule has 2 unspecified atom stereocenters. The number of ether oxygens (including phenoxy) is 1. The van der Waals surface area contributed by atoms with Gasteiger partial charge >= 0.3 is 5.97 Å². The molecule has 0 saturated carbocycles. The minimum absolute atomic E-state index is 0.0108. The Hall–Kier alpha value is -1.40. The van der Waals surface area contributed by atoms with Gasteiger partial charge in [0.15, 0.2) is 0 Å². The molecule has 6 nitrogen and oxygen atoms in total. The molecule has 0 aliphatic heterocycles. The van der Waals surface area contributed by atoms with Crippen LogP contribution in [-0.4, -0.2) is 47.4 Å². The fourth-order valence-corrected chi connectivity index (χ4v) is 11.6. The van der Waals surface area contributed by atoms with Crippen molar-refractivity contribution in [1.82, 2.24) is 5.32 Å². The lowest BCUT2D eigenvalue weighted by Crippen LogP contribution is -2.45. The third-order valence-electron chi connectivity index (χ3n) is 17.1. The number of hydrogen-bond donors (Lipinski definition) is 3. The predicted octanol–water partition coefficient (Wildman–Crippen LogP) is 23.1. The van der Waals surface area contributed by atoms with Crippen LogP contribution in [0.15, 0.2) is 12.2 Å². The minimum Gasteiger partial charge on any atom is -0.466 e. The van der Waals surface area contributed by atoms with Crippen molar-refractivity contribution in [2.75, 3.05) is 13.2 Å². The van der Waals surface area contributed by atoms with Gasteiger partial charge in [-0.25, -0.2) is 0 Å². The maximum atomic E-state index is 12.5. The quantitative estimate of drug-likeness (QED) is 0.0320. The molecule has 0 fully saturated rings. The molecule has 0 aromatic rings. The van der Waals surface area contributed by atoms with Crippen LogP contribution in [-0.2, 0) is 14.3 Å². The van der Waals surface area contributed by atoms with Gasteiger partial charge in [-0.15, -0.1) is 0 Å². The largest absolute Gasteiger partial charge is 0.466 e. The Kier molecular flexibility index (Phi) is 66.9. The summed E-state index contributed by atoms with van der Waals surface area (Å²) in [4.78, 5) is 24.7. The van der Waals surface area contributed by atoms with E-state index in [2.05, 4.69) is 19.2 Å². The van der Waals surface area contributed by atoms with Gasteiger partial charge in [-0.05, 0) is 32.1 Å². The highest BCUT2D eigenvalue weighted by Gasteiger charge is 2.18. The maximum Gasteiger partial charge on any atom is 0.305 e. The molecule has 78 heavy (non-hydrogen) atoms. The summed E-state index contributed by atoms with van der Waals surface area (Å²) in [7, 11) is 0. The van der Waals surface area contributed by atoms with Crippen LogP contribution < -0.4 is 5.32 Å². The Morgan fingerprint density at radius 2 is 0.590 bits per heavy atom. The van der Waals surface area contributed by atoms with Crippen LogP contribution >= 0.6 is 0 Å². The number of aliphatic hydroxyl groups is 2. The number of esters is 1. The van der Waals surface area contributed by atoms with Crippen LogP contribution in [0.2, 0.25) is 0 Å². The van der Waals surface area contributed by atoms with Gasteiger partial charge in [0.1, 0.15) is 0 Å². The molecule has 0 spiro atoms. The van der Waals surface area contributed by atoms with Crippen LogP contribution in [0.3, 0.4) is 0 Å². The van der Waals surface area contributed by atoms with Crippen molar-refractivity contribution in [3.05, 3.63) is 12.2 Å². The van der Waals surface area contributed by atoms with Gasteiger partial charge in [0.25, 0.3) is 0 Å². The fourth-order valence-electron chi connectivity index (χ4n) is 11.6. The third-order valence-corrected chi connectivity index (χ3v) is 17.1. The zero-order chi connectivity index (χ0) is 56.4. The molecule has 0 saturated heterocycles. The van der Waals surface area contributed by atoms with Gasteiger partial charge in [-0.3, -0.25) is 9.59 Å². The van der Waals surface area contributed by atoms with Gasteiger partial charge in [-0.1, -0.05) is 379 Å². The number of unbranched alkanes of at least 4 members (excludes halogenated alkanes) is 57. The van der Waals surface area contributed by atoms with E-state index >= 15 is 0 Å². The van der Waals surface area contributed by atoms with Crippen LogP contribution in [0.1, 0.15) is 412 Å². The fraction of sp³-hybridized carbons (Fsp3) is 0.944. The summed E-state index contributed by atoms with van der Waals surface area (Å²) in [6.07, 6.45) is 84.3. The van der Waals surface area contributed by atoms with Crippen LogP contribution in [0.25, 0.3) is 0 Å². The molecule has 464 valence electrons. The highest BCUT2D eigenvalue weighted by molar-refractivity contribution is 5.76. The first-order chi connectivity index (χ1) is 38.5. The van der Waals surface area contributed by atoms with Crippen LogP contribution in [0.5, 0.6) is 0 Å². The van der Waals surface area contributed by atoms with E-state index in [4.69, 9.17) is 4.74 Å². The Bertz CT molecular complexity index is 1180. The second kappa shape index (κ2) is 68.1. The Labute approximate surface area is 489 Å². The molecule has 1 amide bonds. The van der Waals surface area contributed by atoms with Crippen molar-refractivity contribution in [1.29, 1.82) is 0 Å². The van der Waals surface area contributed by atoms with Crippen LogP contribution in [0, 0.1) is 0 Å². The van der Waals surface area contributed by atoms with E-state index in [9.17, 15) is 19.8 Å². The number of rotatable bonds is 68. The lowest BCUT2D eigenvalue weighted by molar-refractivity contribution is -0.143. The lowest BCUT2D eigenvalue weighted by Gasteiger charge is -2.20. The summed E-state index contributed by atoms with van der Waals surface area (Å²) in [5.74, 6) is -0.0570. The summed E-state index contributed by atoms with van der Waals surface area (Å²) < 4.78 is 5.51. The normalized spacial score (nSPS) is 12.5. The first-order valence-corrected chi connectivity index (χ1v) is 36.0. The Morgan fingerprint density at radius 3 is 0.872 bits per heavy atom. The molecular weight excluding hydrogens is 959 g/mol. The van der Waals surface area contributed by atoms with E-state index < -0.39 is 12.1 Å². The standard InChI is InChI=1S/C72H141NO5/c1-3-5-7-9-11-13-15-17-19-21-23-24-25-26-27-28-30-32-36-40-44-48-52-56-60-64-70(75)69(68-74)73-71(76)65-61-57-53-49-45-41-37-33-31-35-39-43-47-51-55-59-63-67-78-72(77)66-62-58-54-50-46-42-38-34-29-22-20-18-16-14-12-10-8-6-4-2/h60,64,69-70,74-75H,3-59,61-63,65-68H2,1-2H3,(H,73,76)/b64-60+. The number of allylic oxidation sites excluding steroid dienone is 1. The van der Waals surface area contributed by atoms with Crippen molar-refractivity contribution < 1.29 is 24.5 Å². The zero-order valence-corrected chi connectivity index (χ0v) is 53.2. The molecule has 0 aromatic carbocycles.